The molecule has 0 saturated heterocycles. The van der Waals surface area contributed by atoms with Crippen molar-refractivity contribution < 1.29 is 14.4 Å². The van der Waals surface area contributed by atoms with Gasteiger partial charge in [-0.3, -0.25) is 19.1 Å². The highest BCUT2D eigenvalue weighted by Gasteiger charge is 2.10. The number of carbonyl (C=O) groups excluding carboxylic acids is 3. The number of Topliss-reactive ketones (excluding diaryl/α,β-unsaturated/α-hetero) is 3. The van der Waals surface area contributed by atoms with Gasteiger partial charge in [0.25, 0.3) is 0 Å². The molecular weight excluding hydrogens is 614 g/mol. The van der Waals surface area contributed by atoms with E-state index in [0.29, 0.717) is 35.1 Å². The summed E-state index contributed by atoms with van der Waals surface area (Å²) >= 11 is 0. The molecule has 0 saturated carbocycles. The molecule has 5 heterocycles. The standard InChI is InChI=1S/C10H15N5.C8H12N2O.2C7H11N3O/c1-7(2)15-6-12-8-5-11-10(14(3)4)13-9(8)15;1-6(2)10-5-8(4-9-10)7(3)11;1-5(2)10-4-8-7(9-10)6(3)11;1-5(2)10-4-7(6(3)11)8-9-10/h5-7H,1-4H3;4-6H,1-3H3;2*4-5H,1-3H3. The highest BCUT2D eigenvalue weighted by molar-refractivity contribution is 5.93. The van der Waals surface area contributed by atoms with Crippen LogP contribution >= 0.6 is 0 Å². The van der Waals surface area contributed by atoms with Gasteiger partial charge in [0.2, 0.25) is 11.8 Å². The monoisotopic (exact) mass is 663 g/mol. The van der Waals surface area contributed by atoms with E-state index in [1.54, 1.807) is 52.1 Å². The van der Waals surface area contributed by atoms with E-state index < -0.39 is 0 Å². The number of carbonyl (C=O) groups is 3. The Morgan fingerprint density at radius 2 is 1.31 bits per heavy atom. The second-order valence-electron chi connectivity index (χ2n) is 12.3. The smallest absolute Gasteiger partial charge is 0.226 e. The van der Waals surface area contributed by atoms with E-state index in [2.05, 4.69) is 54.3 Å². The van der Waals surface area contributed by atoms with Crippen LogP contribution in [0.4, 0.5) is 5.95 Å². The first kappa shape index (κ1) is 39.0. The van der Waals surface area contributed by atoms with E-state index in [-0.39, 0.29) is 29.4 Å². The van der Waals surface area contributed by atoms with Gasteiger partial charge < -0.3 is 9.47 Å². The Morgan fingerprint density at radius 3 is 1.69 bits per heavy atom. The quantitative estimate of drug-likeness (QED) is 0.197. The summed E-state index contributed by atoms with van der Waals surface area (Å²) in [5, 5.41) is 15.5. The fourth-order valence-corrected chi connectivity index (χ4v) is 3.59. The van der Waals surface area contributed by atoms with Crippen molar-refractivity contribution in [3.8, 4) is 0 Å². The third kappa shape index (κ3) is 11.3. The average molecular weight is 664 g/mol. The minimum atomic E-state index is -0.0931. The fraction of sp³-hybridized carbons (Fsp3) is 0.531. The molecule has 0 aliphatic carbocycles. The molecule has 0 amide bonds. The third-order valence-corrected chi connectivity index (χ3v) is 6.55. The van der Waals surface area contributed by atoms with Gasteiger partial charge in [0.15, 0.2) is 23.0 Å². The maximum absolute atomic E-state index is 10.8. The summed E-state index contributed by atoms with van der Waals surface area (Å²) in [5.41, 5.74) is 2.84. The van der Waals surface area contributed by atoms with Crippen LogP contribution in [-0.4, -0.2) is 90.5 Å². The maximum atomic E-state index is 10.8. The first-order valence-corrected chi connectivity index (χ1v) is 15.7. The van der Waals surface area contributed by atoms with Crippen molar-refractivity contribution in [3.63, 3.8) is 0 Å². The molecule has 0 aliphatic heterocycles. The van der Waals surface area contributed by atoms with Gasteiger partial charge in [-0.1, -0.05) is 5.21 Å². The zero-order chi connectivity index (χ0) is 36.3. The number of aromatic nitrogens is 12. The molecule has 5 aromatic rings. The van der Waals surface area contributed by atoms with Crippen molar-refractivity contribution in [3.05, 3.63) is 54.5 Å². The number of ketones is 3. The maximum Gasteiger partial charge on any atom is 0.226 e. The number of fused-ring (bicyclic) bond motifs is 1. The van der Waals surface area contributed by atoms with Gasteiger partial charge in [-0.2, -0.15) is 10.1 Å². The van der Waals surface area contributed by atoms with Crippen LogP contribution in [0.25, 0.3) is 11.2 Å². The molecule has 0 radical (unpaired) electrons. The van der Waals surface area contributed by atoms with Gasteiger partial charge in [0.1, 0.15) is 17.5 Å². The predicted molar refractivity (Wildman–Crippen MR) is 183 cm³/mol. The Bertz CT molecular complexity index is 1640. The van der Waals surface area contributed by atoms with Crippen LogP contribution < -0.4 is 4.90 Å². The predicted octanol–water partition coefficient (Wildman–Crippen LogP) is 5.26. The highest BCUT2D eigenvalue weighted by atomic mass is 16.1. The van der Waals surface area contributed by atoms with Crippen molar-refractivity contribution in [2.45, 2.75) is 100 Å². The van der Waals surface area contributed by atoms with E-state index in [0.717, 1.165) is 11.2 Å². The zero-order valence-corrected chi connectivity index (χ0v) is 30.3. The Labute approximate surface area is 281 Å². The van der Waals surface area contributed by atoms with Crippen molar-refractivity contribution >= 4 is 34.5 Å². The minimum absolute atomic E-state index is 0.0445. The molecule has 0 N–H and O–H groups in total. The molecule has 16 nitrogen and oxygen atoms in total. The summed E-state index contributed by atoms with van der Waals surface area (Å²) < 4.78 is 7.15. The van der Waals surface area contributed by atoms with Gasteiger partial charge in [0, 0.05) is 58.3 Å². The Balaban J connectivity index is 0.000000225. The lowest BCUT2D eigenvalue weighted by atomic mass is 10.3. The molecule has 0 bridgehead atoms. The fourth-order valence-electron chi connectivity index (χ4n) is 3.59. The van der Waals surface area contributed by atoms with Crippen LogP contribution in [0, 0.1) is 0 Å². The number of nitrogens with zero attached hydrogens (tertiary/aromatic N) is 13. The Kier molecular flexibility index (Phi) is 14.4. The molecular formula is C32H49N13O3. The van der Waals surface area contributed by atoms with E-state index in [1.807, 2.05) is 71.4 Å². The van der Waals surface area contributed by atoms with Crippen LogP contribution in [0.5, 0.6) is 0 Å². The molecule has 0 aromatic carbocycles. The first-order valence-electron chi connectivity index (χ1n) is 15.7. The van der Waals surface area contributed by atoms with Gasteiger partial charge in [-0.25, -0.2) is 24.3 Å². The SMILES string of the molecule is CC(=O)c1cn(C(C)C)nn1.CC(=O)c1cnn(C(C)C)c1.CC(=O)c1ncn(C(C)C)n1.CC(C)n1cnc2cnc(N(C)C)nc21. The summed E-state index contributed by atoms with van der Waals surface area (Å²) in [5.74, 6) is 0.932. The first-order chi connectivity index (χ1) is 22.4. The van der Waals surface area contributed by atoms with Crippen LogP contribution in [0.1, 0.15) is 132 Å². The van der Waals surface area contributed by atoms with Gasteiger partial charge >= 0.3 is 0 Å². The summed E-state index contributed by atoms with van der Waals surface area (Å²) in [6.45, 7) is 20.7. The lowest BCUT2D eigenvalue weighted by Crippen LogP contribution is -2.13. The lowest BCUT2D eigenvalue weighted by molar-refractivity contribution is 0.0997. The Hall–Kier alpha value is -5.15. The molecule has 0 unspecified atom stereocenters. The molecule has 16 heteroatoms. The van der Waals surface area contributed by atoms with Gasteiger partial charge in [-0.15, -0.1) is 10.2 Å². The molecule has 48 heavy (non-hydrogen) atoms. The number of hydrogen-bond acceptors (Lipinski definition) is 12. The second kappa shape index (κ2) is 17.7. The summed E-state index contributed by atoms with van der Waals surface area (Å²) in [4.78, 5) is 51.0. The minimum Gasteiger partial charge on any atom is -0.347 e. The number of hydrogen-bond donors (Lipinski definition) is 0. The average Bonchev–Trinajstić information content (AvgIpc) is 3.83. The largest absolute Gasteiger partial charge is 0.347 e. The van der Waals surface area contributed by atoms with E-state index in [4.69, 9.17) is 0 Å². The summed E-state index contributed by atoms with van der Waals surface area (Å²) in [7, 11) is 3.86. The highest BCUT2D eigenvalue weighted by Crippen LogP contribution is 2.16. The van der Waals surface area contributed by atoms with E-state index in [9.17, 15) is 14.4 Å². The zero-order valence-electron chi connectivity index (χ0n) is 30.3. The normalized spacial score (nSPS) is 10.8. The summed E-state index contributed by atoms with van der Waals surface area (Å²) in [6.07, 6.45) is 10.2. The lowest BCUT2D eigenvalue weighted by Gasteiger charge is -2.11. The third-order valence-electron chi connectivity index (χ3n) is 6.55. The molecule has 0 atom stereocenters. The van der Waals surface area contributed by atoms with Crippen LogP contribution in [0.2, 0.25) is 0 Å². The van der Waals surface area contributed by atoms with Crippen LogP contribution in [-0.2, 0) is 0 Å². The van der Waals surface area contributed by atoms with Gasteiger partial charge in [-0.05, 0) is 62.3 Å². The van der Waals surface area contributed by atoms with Crippen molar-refractivity contribution in [2.75, 3.05) is 19.0 Å². The molecule has 5 aromatic heterocycles. The van der Waals surface area contributed by atoms with Crippen LogP contribution in [0.15, 0.2) is 37.4 Å². The van der Waals surface area contributed by atoms with Gasteiger partial charge in [0.05, 0.1) is 30.5 Å². The topological polar surface area (TPSA) is 177 Å². The van der Waals surface area contributed by atoms with Crippen LogP contribution in [0.3, 0.4) is 0 Å². The van der Waals surface area contributed by atoms with Crippen molar-refractivity contribution in [2.24, 2.45) is 0 Å². The number of anilines is 1. The van der Waals surface area contributed by atoms with E-state index >= 15 is 0 Å². The molecule has 260 valence electrons. The number of imidazole rings is 1. The molecule has 5 rings (SSSR count). The molecule has 0 spiro atoms. The Morgan fingerprint density at radius 1 is 0.688 bits per heavy atom. The number of rotatable bonds is 8. The second-order valence-corrected chi connectivity index (χ2v) is 12.3. The van der Waals surface area contributed by atoms with E-state index in [1.165, 1.54) is 13.8 Å². The van der Waals surface area contributed by atoms with Crippen molar-refractivity contribution in [1.82, 2.24) is 59.1 Å². The van der Waals surface area contributed by atoms with Crippen molar-refractivity contribution in [1.29, 1.82) is 0 Å². The summed E-state index contributed by atoms with van der Waals surface area (Å²) in [6, 6.07) is 1.20. The molecule has 0 aliphatic rings. The molecule has 0 fully saturated rings.